The van der Waals surface area contributed by atoms with Crippen LogP contribution in [-0.4, -0.2) is 36.9 Å². The predicted molar refractivity (Wildman–Crippen MR) is 84.9 cm³/mol. The van der Waals surface area contributed by atoms with Gasteiger partial charge in [0.25, 0.3) is 0 Å². The first-order valence-corrected chi connectivity index (χ1v) is 8.18. The minimum absolute atomic E-state index is 0.212. The molecule has 0 bridgehead atoms. The molecule has 2 rings (SSSR count). The highest BCUT2D eigenvalue weighted by molar-refractivity contribution is 5.29. The minimum Gasteiger partial charge on any atom is -0.489 e. The first-order valence-electron chi connectivity index (χ1n) is 8.18. The Labute approximate surface area is 128 Å². The molecule has 0 spiro atoms. The smallest absolute Gasteiger partial charge is 0.140 e. The Morgan fingerprint density at radius 1 is 1.29 bits per heavy atom. The van der Waals surface area contributed by atoms with Crippen LogP contribution >= 0.6 is 0 Å². The summed E-state index contributed by atoms with van der Waals surface area (Å²) in [6.45, 7) is 8.95. The number of nitrogens with zero attached hydrogens (tertiary/aromatic N) is 1. The molecule has 1 aliphatic heterocycles. The molecule has 0 aromatic carbocycles. The fourth-order valence-electron chi connectivity index (χ4n) is 2.66. The van der Waals surface area contributed by atoms with E-state index in [1.54, 1.807) is 0 Å². The van der Waals surface area contributed by atoms with Crippen LogP contribution in [0.2, 0.25) is 0 Å². The Hall–Kier alpha value is -1.13. The second-order valence-electron chi connectivity index (χ2n) is 5.72. The van der Waals surface area contributed by atoms with Crippen LogP contribution in [0.25, 0.3) is 0 Å². The van der Waals surface area contributed by atoms with Crippen molar-refractivity contribution in [2.24, 2.45) is 0 Å². The SMILES string of the molecule is CCCNCC1CCC(COc2ccc(C)nc2CC)O1. The van der Waals surface area contributed by atoms with E-state index in [1.807, 2.05) is 19.1 Å². The molecule has 1 N–H and O–H groups in total. The normalized spacial score (nSPS) is 21.7. The predicted octanol–water partition coefficient (Wildman–Crippen LogP) is 2.88. The van der Waals surface area contributed by atoms with Gasteiger partial charge in [-0.1, -0.05) is 13.8 Å². The molecule has 4 heteroatoms. The van der Waals surface area contributed by atoms with Gasteiger partial charge in [0.2, 0.25) is 0 Å². The summed E-state index contributed by atoms with van der Waals surface area (Å²) in [6, 6.07) is 4.03. The van der Waals surface area contributed by atoms with E-state index in [-0.39, 0.29) is 6.10 Å². The van der Waals surface area contributed by atoms with Gasteiger partial charge in [-0.3, -0.25) is 4.98 Å². The lowest BCUT2D eigenvalue weighted by atomic mass is 10.2. The fraction of sp³-hybridized carbons (Fsp3) is 0.706. The zero-order valence-corrected chi connectivity index (χ0v) is 13.5. The first-order chi connectivity index (χ1) is 10.2. The number of hydrogen-bond donors (Lipinski definition) is 1. The van der Waals surface area contributed by atoms with E-state index in [0.29, 0.717) is 12.7 Å². The fourth-order valence-corrected chi connectivity index (χ4v) is 2.66. The Balaban J connectivity index is 1.76. The highest BCUT2D eigenvalue weighted by atomic mass is 16.5. The van der Waals surface area contributed by atoms with Crippen LogP contribution < -0.4 is 10.1 Å². The van der Waals surface area contributed by atoms with Crippen LogP contribution in [0.1, 0.15) is 44.5 Å². The van der Waals surface area contributed by atoms with E-state index < -0.39 is 0 Å². The third kappa shape index (κ3) is 4.97. The van der Waals surface area contributed by atoms with Gasteiger partial charge in [0, 0.05) is 12.2 Å². The van der Waals surface area contributed by atoms with E-state index >= 15 is 0 Å². The molecule has 1 fully saturated rings. The van der Waals surface area contributed by atoms with Gasteiger partial charge in [-0.2, -0.15) is 0 Å². The molecule has 0 radical (unpaired) electrons. The molecule has 2 heterocycles. The standard InChI is InChI=1S/C17H28N2O2/c1-4-10-18-11-14-7-8-15(21-14)12-20-17-9-6-13(3)19-16(17)5-2/h6,9,14-15,18H,4-5,7-8,10-12H2,1-3H3. The lowest BCUT2D eigenvalue weighted by molar-refractivity contribution is 0.0184. The van der Waals surface area contributed by atoms with Crippen LogP contribution in [0.5, 0.6) is 5.75 Å². The molecular weight excluding hydrogens is 264 g/mol. The van der Waals surface area contributed by atoms with Crippen molar-refractivity contribution in [3.63, 3.8) is 0 Å². The maximum Gasteiger partial charge on any atom is 0.140 e. The van der Waals surface area contributed by atoms with Gasteiger partial charge in [-0.05, 0) is 51.3 Å². The first kappa shape index (κ1) is 16.2. The monoisotopic (exact) mass is 292 g/mol. The minimum atomic E-state index is 0.212. The molecule has 1 saturated heterocycles. The van der Waals surface area contributed by atoms with Gasteiger partial charge in [-0.15, -0.1) is 0 Å². The van der Waals surface area contributed by atoms with Gasteiger partial charge in [0.05, 0.1) is 17.9 Å². The molecule has 0 saturated carbocycles. The summed E-state index contributed by atoms with van der Waals surface area (Å²) in [5, 5.41) is 3.42. The highest BCUT2D eigenvalue weighted by Crippen LogP contribution is 2.22. The van der Waals surface area contributed by atoms with Gasteiger partial charge in [0.15, 0.2) is 0 Å². The number of hydrogen-bond acceptors (Lipinski definition) is 4. The quantitative estimate of drug-likeness (QED) is 0.748. The van der Waals surface area contributed by atoms with Crippen molar-refractivity contribution in [2.45, 2.75) is 58.7 Å². The van der Waals surface area contributed by atoms with E-state index in [4.69, 9.17) is 9.47 Å². The van der Waals surface area contributed by atoms with E-state index in [9.17, 15) is 0 Å². The molecule has 1 aromatic heterocycles. The van der Waals surface area contributed by atoms with Crippen molar-refractivity contribution >= 4 is 0 Å². The topological polar surface area (TPSA) is 43.4 Å². The maximum atomic E-state index is 6.02. The summed E-state index contributed by atoms with van der Waals surface area (Å²) in [7, 11) is 0. The van der Waals surface area contributed by atoms with Gasteiger partial charge in [-0.25, -0.2) is 0 Å². The third-order valence-electron chi connectivity index (χ3n) is 3.83. The van der Waals surface area contributed by atoms with Crippen LogP contribution in [0.15, 0.2) is 12.1 Å². The summed E-state index contributed by atoms with van der Waals surface area (Å²) < 4.78 is 12.0. The lowest BCUT2D eigenvalue weighted by Gasteiger charge is -2.16. The summed E-state index contributed by atoms with van der Waals surface area (Å²) >= 11 is 0. The molecular formula is C17H28N2O2. The molecule has 0 amide bonds. The van der Waals surface area contributed by atoms with Gasteiger partial charge < -0.3 is 14.8 Å². The van der Waals surface area contributed by atoms with Crippen molar-refractivity contribution in [3.05, 3.63) is 23.5 Å². The van der Waals surface area contributed by atoms with Crippen molar-refractivity contribution < 1.29 is 9.47 Å². The molecule has 2 atom stereocenters. The average Bonchev–Trinajstić information content (AvgIpc) is 2.94. The number of rotatable bonds is 8. The zero-order chi connectivity index (χ0) is 15.1. The number of aromatic nitrogens is 1. The van der Waals surface area contributed by atoms with Gasteiger partial charge >= 0.3 is 0 Å². The Morgan fingerprint density at radius 3 is 2.86 bits per heavy atom. The zero-order valence-electron chi connectivity index (χ0n) is 13.5. The summed E-state index contributed by atoms with van der Waals surface area (Å²) in [6.07, 6.45) is 4.82. The van der Waals surface area contributed by atoms with Crippen LogP contribution in [-0.2, 0) is 11.2 Å². The van der Waals surface area contributed by atoms with Crippen LogP contribution in [0.4, 0.5) is 0 Å². The molecule has 2 unspecified atom stereocenters. The van der Waals surface area contributed by atoms with E-state index in [2.05, 4.69) is 24.1 Å². The highest BCUT2D eigenvalue weighted by Gasteiger charge is 2.25. The van der Waals surface area contributed by atoms with Crippen LogP contribution in [0, 0.1) is 6.92 Å². The van der Waals surface area contributed by atoms with Crippen molar-refractivity contribution in [3.8, 4) is 5.75 Å². The summed E-state index contributed by atoms with van der Waals surface area (Å²) in [5.41, 5.74) is 2.08. The van der Waals surface area contributed by atoms with E-state index in [0.717, 1.165) is 49.5 Å². The number of aryl methyl sites for hydroxylation is 2. The second kappa shape index (κ2) is 8.35. The summed E-state index contributed by atoms with van der Waals surface area (Å²) in [4.78, 5) is 4.53. The molecule has 1 aromatic rings. The molecule has 0 aliphatic carbocycles. The Bertz CT molecular complexity index is 437. The Kier molecular flexibility index (Phi) is 6.46. The van der Waals surface area contributed by atoms with E-state index in [1.165, 1.54) is 6.42 Å². The lowest BCUT2D eigenvalue weighted by Crippen LogP contribution is -2.28. The molecule has 118 valence electrons. The van der Waals surface area contributed by atoms with Gasteiger partial charge in [0.1, 0.15) is 12.4 Å². The molecule has 1 aliphatic rings. The number of nitrogens with one attached hydrogen (secondary N) is 1. The number of ether oxygens (including phenoxy) is 2. The van der Waals surface area contributed by atoms with Crippen molar-refractivity contribution in [2.75, 3.05) is 19.7 Å². The average molecular weight is 292 g/mol. The maximum absolute atomic E-state index is 6.02. The summed E-state index contributed by atoms with van der Waals surface area (Å²) in [5.74, 6) is 0.902. The largest absolute Gasteiger partial charge is 0.489 e. The number of pyridine rings is 1. The second-order valence-corrected chi connectivity index (χ2v) is 5.72. The molecule has 4 nitrogen and oxygen atoms in total. The van der Waals surface area contributed by atoms with Crippen LogP contribution in [0.3, 0.4) is 0 Å². The van der Waals surface area contributed by atoms with Crippen molar-refractivity contribution in [1.29, 1.82) is 0 Å². The Morgan fingerprint density at radius 2 is 2.10 bits per heavy atom. The van der Waals surface area contributed by atoms with Crippen molar-refractivity contribution in [1.82, 2.24) is 10.3 Å². The molecule has 21 heavy (non-hydrogen) atoms. The third-order valence-corrected chi connectivity index (χ3v) is 3.83.